The van der Waals surface area contributed by atoms with Crippen LogP contribution in [0, 0.1) is 12.7 Å². The molecule has 1 atom stereocenters. The first-order chi connectivity index (χ1) is 9.63. The lowest BCUT2D eigenvalue weighted by molar-refractivity contribution is 0.471. The molecule has 1 N–H and O–H groups in total. The van der Waals surface area contributed by atoms with Crippen molar-refractivity contribution in [1.29, 1.82) is 0 Å². The van der Waals surface area contributed by atoms with Gasteiger partial charge >= 0.3 is 0 Å². The number of aromatic nitrogens is 1. The standard InChI is InChI=1S/C16H19FN2O/c1-4-15(18-3)16-8-7-13(10-19-16)20-12-6-5-11(2)14(17)9-12/h5-10,15,18H,4H2,1-3H3. The van der Waals surface area contributed by atoms with Crippen molar-refractivity contribution in [2.24, 2.45) is 0 Å². The van der Waals surface area contributed by atoms with Crippen molar-refractivity contribution in [1.82, 2.24) is 10.3 Å². The normalized spacial score (nSPS) is 12.2. The quantitative estimate of drug-likeness (QED) is 0.895. The molecule has 1 aromatic heterocycles. The van der Waals surface area contributed by atoms with Gasteiger partial charge in [0.25, 0.3) is 0 Å². The van der Waals surface area contributed by atoms with Crippen molar-refractivity contribution in [3.8, 4) is 11.5 Å². The zero-order chi connectivity index (χ0) is 14.5. The van der Waals surface area contributed by atoms with E-state index in [4.69, 9.17) is 4.74 Å². The lowest BCUT2D eigenvalue weighted by Crippen LogP contribution is -2.16. The second-order valence-corrected chi connectivity index (χ2v) is 4.68. The summed E-state index contributed by atoms with van der Waals surface area (Å²) in [5, 5.41) is 3.20. The minimum atomic E-state index is -0.270. The summed E-state index contributed by atoms with van der Waals surface area (Å²) in [4.78, 5) is 4.38. The molecule has 4 heteroatoms. The molecule has 0 amide bonds. The van der Waals surface area contributed by atoms with Crippen LogP contribution in [0.5, 0.6) is 11.5 Å². The smallest absolute Gasteiger partial charge is 0.145 e. The zero-order valence-corrected chi connectivity index (χ0v) is 12.0. The number of benzene rings is 1. The van der Waals surface area contributed by atoms with Gasteiger partial charge in [0.1, 0.15) is 17.3 Å². The lowest BCUT2D eigenvalue weighted by atomic mass is 10.1. The molecule has 0 aliphatic rings. The van der Waals surface area contributed by atoms with Crippen LogP contribution in [0.3, 0.4) is 0 Å². The molecule has 20 heavy (non-hydrogen) atoms. The summed E-state index contributed by atoms with van der Waals surface area (Å²) in [6, 6.07) is 8.83. The van der Waals surface area contributed by atoms with E-state index in [1.54, 1.807) is 25.3 Å². The van der Waals surface area contributed by atoms with Crippen molar-refractivity contribution in [2.75, 3.05) is 7.05 Å². The third-order valence-electron chi connectivity index (χ3n) is 3.25. The molecule has 0 bridgehead atoms. The summed E-state index contributed by atoms with van der Waals surface area (Å²) in [6.07, 6.45) is 2.62. The van der Waals surface area contributed by atoms with Gasteiger partial charge < -0.3 is 10.1 Å². The van der Waals surface area contributed by atoms with Gasteiger partial charge in [0, 0.05) is 12.1 Å². The van der Waals surface area contributed by atoms with Crippen LogP contribution in [0.15, 0.2) is 36.5 Å². The number of aryl methyl sites for hydroxylation is 1. The van der Waals surface area contributed by atoms with E-state index < -0.39 is 0 Å². The second-order valence-electron chi connectivity index (χ2n) is 4.68. The molecule has 1 unspecified atom stereocenters. The van der Waals surface area contributed by atoms with Gasteiger partial charge in [0.15, 0.2) is 0 Å². The van der Waals surface area contributed by atoms with Crippen LogP contribution in [0.4, 0.5) is 4.39 Å². The maximum atomic E-state index is 13.4. The van der Waals surface area contributed by atoms with E-state index in [2.05, 4.69) is 17.2 Å². The van der Waals surface area contributed by atoms with Gasteiger partial charge in [-0.2, -0.15) is 0 Å². The minimum Gasteiger partial charge on any atom is -0.456 e. The Morgan fingerprint density at radius 3 is 2.55 bits per heavy atom. The molecule has 0 aliphatic carbocycles. The number of ether oxygens (including phenoxy) is 1. The topological polar surface area (TPSA) is 34.1 Å². The molecular formula is C16H19FN2O. The molecular weight excluding hydrogens is 255 g/mol. The molecule has 3 nitrogen and oxygen atoms in total. The Hall–Kier alpha value is -1.94. The Morgan fingerprint density at radius 1 is 1.25 bits per heavy atom. The van der Waals surface area contributed by atoms with Crippen molar-refractivity contribution < 1.29 is 9.13 Å². The Kier molecular flexibility index (Phi) is 4.69. The van der Waals surface area contributed by atoms with E-state index in [0.717, 1.165) is 12.1 Å². The average molecular weight is 274 g/mol. The highest BCUT2D eigenvalue weighted by Crippen LogP contribution is 2.24. The van der Waals surface area contributed by atoms with Crippen molar-refractivity contribution in [3.63, 3.8) is 0 Å². The fraction of sp³-hybridized carbons (Fsp3) is 0.312. The van der Waals surface area contributed by atoms with E-state index in [1.807, 2.05) is 19.2 Å². The summed E-state index contributed by atoms with van der Waals surface area (Å²) in [5.41, 5.74) is 1.57. The highest BCUT2D eigenvalue weighted by atomic mass is 19.1. The third kappa shape index (κ3) is 3.33. The Balaban J connectivity index is 2.12. The molecule has 0 radical (unpaired) electrons. The van der Waals surface area contributed by atoms with Gasteiger partial charge in [-0.05, 0) is 44.2 Å². The number of hydrogen-bond donors (Lipinski definition) is 1. The van der Waals surface area contributed by atoms with Gasteiger partial charge in [-0.3, -0.25) is 4.98 Å². The fourth-order valence-electron chi connectivity index (χ4n) is 1.99. The number of nitrogens with zero attached hydrogens (tertiary/aromatic N) is 1. The summed E-state index contributed by atoms with van der Waals surface area (Å²) >= 11 is 0. The third-order valence-corrected chi connectivity index (χ3v) is 3.25. The van der Waals surface area contributed by atoms with Crippen molar-refractivity contribution in [2.45, 2.75) is 26.3 Å². The predicted molar refractivity (Wildman–Crippen MR) is 77.5 cm³/mol. The van der Waals surface area contributed by atoms with Gasteiger partial charge in [0.2, 0.25) is 0 Å². The van der Waals surface area contributed by atoms with E-state index in [0.29, 0.717) is 17.1 Å². The van der Waals surface area contributed by atoms with Crippen molar-refractivity contribution in [3.05, 3.63) is 53.6 Å². The number of hydrogen-bond acceptors (Lipinski definition) is 3. The molecule has 2 aromatic rings. The van der Waals surface area contributed by atoms with Crippen LogP contribution in [-0.2, 0) is 0 Å². The summed E-state index contributed by atoms with van der Waals surface area (Å²) in [5.74, 6) is 0.805. The largest absolute Gasteiger partial charge is 0.456 e. The van der Waals surface area contributed by atoms with E-state index >= 15 is 0 Å². The molecule has 106 valence electrons. The van der Waals surface area contributed by atoms with Crippen molar-refractivity contribution >= 4 is 0 Å². The average Bonchev–Trinajstić information content (AvgIpc) is 2.46. The maximum absolute atomic E-state index is 13.4. The highest BCUT2D eigenvalue weighted by Gasteiger charge is 2.08. The minimum absolute atomic E-state index is 0.237. The Bertz CT molecular complexity index is 565. The molecule has 1 heterocycles. The number of pyridine rings is 1. The van der Waals surface area contributed by atoms with Crippen LogP contribution in [-0.4, -0.2) is 12.0 Å². The molecule has 0 fully saturated rings. The molecule has 0 saturated carbocycles. The summed E-state index contributed by atoms with van der Waals surface area (Å²) in [7, 11) is 1.91. The van der Waals surface area contributed by atoms with Crippen LogP contribution in [0.25, 0.3) is 0 Å². The molecule has 0 spiro atoms. The number of halogens is 1. The first kappa shape index (κ1) is 14.5. The number of rotatable bonds is 5. The summed E-state index contributed by atoms with van der Waals surface area (Å²) in [6.45, 7) is 3.82. The Morgan fingerprint density at radius 2 is 2.00 bits per heavy atom. The van der Waals surface area contributed by atoms with Crippen LogP contribution < -0.4 is 10.1 Å². The second kappa shape index (κ2) is 6.48. The zero-order valence-electron chi connectivity index (χ0n) is 12.0. The monoisotopic (exact) mass is 274 g/mol. The SMILES string of the molecule is CCC(NC)c1ccc(Oc2ccc(C)c(F)c2)cn1. The molecule has 2 rings (SSSR count). The van der Waals surface area contributed by atoms with Crippen LogP contribution in [0.1, 0.15) is 30.6 Å². The number of nitrogens with one attached hydrogen (secondary N) is 1. The predicted octanol–water partition coefficient (Wildman–Crippen LogP) is 3.99. The van der Waals surface area contributed by atoms with Gasteiger partial charge in [-0.15, -0.1) is 0 Å². The maximum Gasteiger partial charge on any atom is 0.145 e. The molecule has 1 aromatic carbocycles. The first-order valence-electron chi connectivity index (χ1n) is 6.71. The van der Waals surface area contributed by atoms with Gasteiger partial charge in [-0.25, -0.2) is 4.39 Å². The fourth-order valence-corrected chi connectivity index (χ4v) is 1.99. The highest BCUT2D eigenvalue weighted by molar-refractivity contribution is 5.33. The molecule has 0 saturated heterocycles. The van der Waals surface area contributed by atoms with Crippen LogP contribution in [0.2, 0.25) is 0 Å². The molecule has 0 aliphatic heterocycles. The lowest BCUT2D eigenvalue weighted by Gasteiger charge is -2.13. The van der Waals surface area contributed by atoms with Gasteiger partial charge in [0.05, 0.1) is 11.9 Å². The van der Waals surface area contributed by atoms with Gasteiger partial charge in [-0.1, -0.05) is 13.0 Å². The summed E-state index contributed by atoms with van der Waals surface area (Å²) < 4.78 is 19.0. The van der Waals surface area contributed by atoms with E-state index in [1.165, 1.54) is 6.07 Å². The van der Waals surface area contributed by atoms with Crippen LogP contribution >= 0.6 is 0 Å². The van der Waals surface area contributed by atoms with E-state index in [-0.39, 0.29) is 11.9 Å². The Labute approximate surface area is 118 Å². The van der Waals surface area contributed by atoms with E-state index in [9.17, 15) is 4.39 Å². The first-order valence-corrected chi connectivity index (χ1v) is 6.71.